The minimum absolute atomic E-state index is 0.0711. The number of aliphatic hydroxyl groups excluding tert-OH is 2. The second-order valence-electron chi connectivity index (χ2n) is 37.0. The lowest BCUT2D eigenvalue weighted by Gasteiger charge is -2.61. The summed E-state index contributed by atoms with van der Waals surface area (Å²) in [5.74, 6) is 8.62. The van der Waals surface area contributed by atoms with Gasteiger partial charge in [-0.1, -0.05) is 91.3 Å². The molecule has 25 atom stereocenters. The van der Waals surface area contributed by atoms with Gasteiger partial charge in [0.25, 0.3) is 0 Å². The molecule has 0 heterocycles. The van der Waals surface area contributed by atoms with Gasteiger partial charge in [-0.25, -0.2) is 13.2 Å². The van der Waals surface area contributed by atoms with Crippen LogP contribution < -0.4 is 0 Å². The smallest absolute Gasteiger partial charge is 0.393 e. The predicted octanol–water partition coefficient (Wildman–Crippen LogP) is 21.0. The van der Waals surface area contributed by atoms with Crippen LogP contribution in [0.25, 0.3) is 0 Å². The summed E-state index contributed by atoms with van der Waals surface area (Å²) < 4.78 is 83.3. The highest BCUT2D eigenvalue weighted by Crippen LogP contribution is 2.72. The molecule has 3 N–H and O–H groups in total. The van der Waals surface area contributed by atoms with Crippen molar-refractivity contribution in [1.82, 2.24) is 0 Å². The number of carbonyl (C=O) groups is 2. The number of ketones is 2. The summed E-state index contributed by atoms with van der Waals surface area (Å²) in [5.41, 5.74) is 0.979. The maximum atomic E-state index is 14.6. The van der Waals surface area contributed by atoms with Crippen LogP contribution in [0.3, 0.4) is 0 Å². The second-order valence-corrected chi connectivity index (χ2v) is 37.0. The Bertz CT molecular complexity index is 3090. The number of carbonyl (C=O) groups excluding carboxylic acids is 2. The Morgan fingerprint density at radius 2 is 0.732 bits per heavy atom. The monoisotopic (exact) mass is 1350 g/mol. The number of halogens is 6. The maximum Gasteiger partial charge on any atom is 0.417 e. The van der Waals surface area contributed by atoms with E-state index in [1.165, 1.54) is 138 Å². The van der Waals surface area contributed by atoms with E-state index in [0.29, 0.717) is 76.8 Å². The number of benzene rings is 3. The van der Waals surface area contributed by atoms with Gasteiger partial charge < -0.3 is 15.3 Å². The first-order valence-corrected chi connectivity index (χ1v) is 39.4. The Morgan fingerprint density at radius 3 is 1.13 bits per heavy atom. The molecule has 0 spiro atoms. The lowest BCUT2D eigenvalue weighted by Crippen LogP contribution is -2.59. The molecule has 0 amide bonds. The van der Waals surface area contributed by atoms with Crippen molar-refractivity contribution < 1.29 is 51.3 Å². The third-order valence-corrected chi connectivity index (χ3v) is 32.9. The van der Waals surface area contributed by atoms with Crippen LogP contribution >= 0.6 is 0 Å². The summed E-state index contributed by atoms with van der Waals surface area (Å²) in [6, 6.07) is 18.8. The number of alkyl halides is 3. The van der Waals surface area contributed by atoms with E-state index in [4.69, 9.17) is 0 Å². The summed E-state index contributed by atoms with van der Waals surface area (Å²) in [5, 5.41) is 31.9. The minimum Gasteiger partial charge on any atom is -0.393 e. The van der Waals surface area contributed by atoms with E-state index >= 15 is 0 Å². The first kappa shape index (κ1) is 71.8. The first-order valence-electron chi connectivity index (χ1n) is 39.4. The number of hydrogen-bond donors (Lipinski definition) is 3. The molecule has 12 saturated carbocycles. The van der Waals surface area contributed by atoms with Gasteiger partial charge in [0.15, 0.2) is 5.60 Å². The average molecular weight is 1350 g/mol. The fourth-order valence-electron chi connectivity index (χ4n) is 27.5. The highest BCUT2D eigenvalue weighted by atomic mass is 19.4. The van der Waals surface area contributed by atoms with Crippen molar-refractivity contribution in [1.29, 1.82) is 0 Å². The lowest BCUT2D eigenvalue weighted by molar-refractivity contribution is -0.296. The van der Waals surface area contributed by atoms with Gasteiger partial charge >= 0.3 is 6.18 Å². The summed E-state index contributed by atoms with van der Waals surface area (Å²) in [6.07, 6.45) is 27.5. The fourth-order valence-corrected chi connectivity index (χ4v) is 27.5. The summed E-state index contributed by atoms with van der Waals surface area (Å²) in [7, 11) is 0. The Labute approximate surface area is 578 Å². The first-order chi connectivity index (χ1) is 46.0. The molecular formula is C86H120F6O5. The molecule has 0 saturated heterocycles. The van der Waals surface area contributed by atoms with E-state index in [-0.39, 0.29) is 70.7 Å². The quantitative estimate of drug-likeness (QED) is 0.157. The van der Waals surface area contributed by atoms with Crippen molar-refractivity contribution in [2.75, 3.05) is 0 Å². The SMILES string of the molecule is C[C@H]1CC[C@@]2(C)[C@@H](CC[C@@H]3[C@@H]2CC[C@]2(C)[C@@H](C(=O)CCc4ccc(F)cc4)CC[C@@H]32)C1.C[C@]12CC[C@H](O)C[C@@H]1CC[C@@H]1[C@@H]2CC[C@@]2(C)[C@H]1CC[C@@H]2[C@](O)(CCc1ccc(F)cc1)C(F)(F)F.C[C@]12CC[C@H](O)C[C@@H]1CC[C@@H]1[C@@H]2CC[C@]2(C)[C@@H](C(=O)CCc3ccc(F)cc3)CC[C@@H]12. The van der Waals surface area contributed by atoms with Crippen molar-refractivity contribution in [2.45, 2.75) is 284 Å². The molecule has 5 nitrogen and oxygen atoms in total. The zero-order valence-electron chi connectivity index (χ0n) is 60.1. The van der Waals surface area contributed by atoms with Crippen molar-refractivity contribution in [2.24, 2.45) is 127 Å². The van der Waals surface area contributed by atoms with Crippen LogP contribution in [-0.4, -0.2) is 50.9 Å². The van der Waals surface area contributed by atoms with Crippen LogP contribution in [0.5, 0.6) is 0 Å². The fraction of sp³-hybridized carbons (Fsp3) is 0.767. The summed E-state index contributed by atoms with van der Waals surface area (Å²) in [4.78, 5) is 26.7. The molecule has 0 radical (unpaired) electrons. The molecule has 12 aliphatic carbocycles. The summed E-state index contributed by atoms with van der Waals surface area (Å²) in [6.45, 7) is 16.9. The van der Waals surface area contributed by atoms with Gasteiger partial charge in [-0.2, -0.15) is 13.2 Å². The molecule has 3 aromatic carbocycles. The van der Waals surface area contributed by atoms with Crippen LogP contribution in [0, 0.1) is 145 Å². The summed E-state index contributed by atoms with van der Waals surface area (Å²) >= 11 is 0. The molecule has 15 rings (SSSR count). The molecule has 12 aliphatic rings. The van der Waals surface area contributed by atoms with E-state index < -0.39 is 28.9 Å². The molecule has 0 bridgehead atoms. The van der Waals surface area contributed by atoms with E-state index in [2.05, 4.69) is 41.5 Å². The minimum atomic E-state index is -4.71. The normalized spacial score (nSPS) is 43.8. The van der Waals surface area contributed by atoms with Gasteiger partial charge in [0, 0.05) is 30.6 Å². The third-order valence-electron chi connectivity index (χ3n) is 32.9. The Hall–Kier alpha value is -3.54. The van der Waals surface area contributed by atoms with Gasteiger partial charge in [0.2, 0.25) is 0 Å². The highest BCUT2D eigenvalue weighted by Gasteiger charge is 2.69. The van der Waals surface area contributed by atoms with E-state index in [0.717, 1.165) is 142 Å². The number of aliphatic hydroxyl groups is 3. The largest absolute Gasteiger partial charge is 0.417 e. The van der Waals surface area contributed by atoms with Gasteiger partial charge in [-0.05, 0) is 355 Å². The Kier molecular flexibility index (Phi) is 20.4. The number of fused-ring (bicyclic) bond motifs is 15. The number of Topliss-reactive ketones (excluding diaryl/α,β-unsaturated/α-hetero) is 2. The van der Waals surface area contributed by atoms with Crippen molar-refractivity contribution in [3.8, 4) is 0 Å². The van der Waals surface area contributed by atoms with Crippen LogP contribution in [0.1, 0.15) is 258 Å². The zero-order valence-corrected chi connectivity index (χ0v) is 60.1. The third kappa shape index (κ3) is 13.2. The van der Waals surface area contributed by atoms with E-state index in [1.54, 1.807) is 0 Å². The van der Waals surface area contributed by atoms with Crippen molar-refractivity contribution in [3.05, 3.63) is 107 Å². The Morgan fingerprint density at radius 1 is 0.402 bits per heavy atom. The van der Waals surface area contributed by atoms with Crippen LogP contribution in [0.4, 0.5) is 26.3 Å². The molecule has 3 aromatic rings. The zero-order chi connectivity index (χ0) is 68.8. The molecule has 0 unspecified atom stereocenters. The average Bonchev–Trinajstić information content (AvgIpc) is 1.65. The van der Waals surface area contributed by atoms with Gasteiger partial charge in [-0.3, -0.25) is 9.59 Å². The number of hydrogen-bond acceptors (Lipinski definition) is 5. The molecular weight excluding hydrogens is 1230 g/mol. The standard InChI is InChI=1S/C29H40F4O2.C29H41FO.C28H39FO2/c1-26-14-12-21(34)17-19(26)5-8-22-23-9-10-25(27(23,2)15-13-24(22)26)28(35,29(31,32)33)16-11-18-3-6-20(30)7-4-18;1-19-14-16-28(2)21(18-19)7-10-23-24-11-12-26(29(24,3)17-15-25(23)28)27(31)13-6-20-4-8-22(30)9-5-20;1-27-15-13-21(30)17-19(27)6-9-22-23-10-11-25(28(23,2)16-14-24(22)27)26(31)12-5-18-3-7-20(29)8-4-18/h3-4,6-7,19,21-25,34-35H,5,8-17H2,1-2H3;4-5,8-9,19,21,23-26H,6-7,10-18H2,1-3H3;3-4,7-8,19,21-25,30H,5-6,9-17H2,1-2H3/t19-,21-,22-,23-,24-,25-,26-,27-,28+;19-,21-,23-,24-,25-,26+,28-,29-;19-,21-,22-,23-,24-,25+,27-,28-/m000/s1. The van der Waals surface area contributed by atoms with Crippen LogP contribution in [0.15, 0.2) is 72.8 Å². The topological polar surface area (TPSA) is 94.8 Å². The number of rotatable bonds is 12. The molecule has 12 fully saturated rings. The maximum absolute atomic E-state index is 14.6. The molecule has 536 valence electrons. The van der Waals surface area contributed by atoms with Crippen molar-refractivity contribution >= 4 is 11.6 Å². The predicted molar refractivity (Wildman–Crippen MR) is 372 cm³/mol. The van der Waals surface area contributed by atoms with Crippen molar-refractivity contribution in [3.63, 3.8) is 0 Å². The molecule has 0 aliphatic heterocycles. The van der Waals surface area contributed by atoms with E-state index in [1.807, 2.05) is 31.2 Å². The lowest BCUT2D eigenvalue weighted by atomic mass is 9.44. The van der Waals surface area contributed by atoms with Crippen LogP contribution in [0.2, 0.25) is 0 Å². The van der Waals surface area contributed by atoms with E-state index in [9.17, 15) is 51.3 Å². The van der Waals surface area contributed by atoms with Gasteiger partial charge in [0.1, 0.15) is 29.0 Å². The molecule has 11 heteroatoms. The molecule has 97 heavy (non-hydrogen) atoms. The highest BCUT2D eigenvalue weighted by molar-refractivity contribution is 5.83. The van der Waals surface area contributed by atoms with Crippen LogP contribution in [-0.2, 0) is 28.9 Å². The molecule has 0 aromatic heterocycles. The number of aryl methyl sites for hydroxylation is 3. The second kappa shape index (κ2) is 27.6. The Balaban J connectivity index is 0.000000132. The van der Waals surface area contributed by atoms with Gasteiger partial charge in [-0.15, -0.1) is 0 Å². The van der Waals surface area contributed by atoms with Gasteiger partial charge in [0.05, 0.1) is 12.2 Å².